The van der Waals surface area contributed by atoms with E-state index < -0.39 is 0 Å². The maximum atomic E-state index is 12.4. The lowest BCUT2D eigenvalue weighted by molar-refractivity contribution is 0.0891. The van der Waals surface area contributed by atoms with Gasteiger partial charge in [0, 0.05) is 24.2 Å². The molecule has 110 valence electrons. The van der Waals surface area contributed by atoms with Gasteiger partial charge in [0.05, 0.1) is 0 Å². The number of hydrogen-bond acceptors (Lipinski definition) is 2. The Morgan fingerprint density at radius 1 is 1.15 bits per heavy atom. The van der Waals surface area contributed by atoms with E-state index in [4.69, 9.17) is 0 Å². The topological polar surface area (TPSA) is 41.1 Å². The third-order valence-electron chi connectivity index (χ3n) is 3.52. The monoisotopic (exact) mass is 274 g/mol. The van der Waals surface area contributed by atoms with E-state index in [9.17, 15) is 4.79 Å². The molecule has 0 saturated carbocycles. The van der Waals surface area contributed by atoms with Crippen molar-refractivity contribution in [1.82, 2.24) is 10.6 Å². The summed E-state index contributed by atoms with van der Waals surface area (Å²) in [6, 6.07) is 5.99. The Morgan fingerprint density at radius 3 is 2.45 bits per heavy atom. The number of amides is 1. The third-order valence-corrected chi connectivity index (χ3v) is 3.52. The van der Waals surface area contributed by atoms with Gasteiger partial charge >= 0.3 is 0 Å². The summed E-state index contributed by atoms with van der Waals surface area (Å²) in [5.74, 6) is 0.0222. The molecule has 0 aromatic heterocycles. The fourth-order valence-corrected chi connectivity index (χ4v) is 3.19. The molecule has 2 N–H and O–H groups in total. The Bertz CT molecular complexity index is 512. The first-order chi connectivity index (χ1) is 9.16. The summed E-state index contributed by atoms with van der Waals surface area (Å²) in [6.07, 6.45) is 0.943. The largest absolute Gasteiger partial charge is 0.347 e. The van der Waals surface area contributed by atoms with Crippen molar-refractivity contribution >= 4 is 5.91 Å². The molecule has 0 spiro atoms. The van der Waals surface area contributed by atoms with Gasteiger partial charge < -0.3 is 10.6 Å². The van der Waals surface area contributed by atoms with E-state index in [0.717, 1.165) is 25.1 Å². The normalized spacial score (nSPS) is 15.1. The summed E-state index contributed by atoms with van der Waals surface area (Å²) in [6.45, 7) is 12.5. The fraction of sp³-hybridized carbons (Fsp3) is 0.588. The molecule has 3 nitrogen and oxygen atoms in total. The van der Waals surface area contributed by atoms with E-state index >= 15 is 0 Å². The third kappa shape index (κ3) is 3.83. The summed E-state index contributed by atoms with van der Waals surface area (Å²) in [5, 5.41) is 6.46. The Labute approximate surface area is 122 Å². The first-order valence-corrected chi connectivity index (χ1v) is 7.31. The molecule has 1 aliphatic heterocycles. The van der Waals surface area contributed by atoms with Crippen LogP contribution in [-0.4, -0.2) is 11.4 Å². The van der Waals surface area contributed by atoms with Crippen LogP contribution >= 0.6 is 0 Å². The molecule has 0 aliphatic carbocycles. The maximum absolute atomic E-state index is 12.4. The van der Waals surface area contributed by atoms with Crippen LogP contribution < -0.4 is 10.6 Å². The average Bonchev–Trinajstić information content (AvgIpc) is 2.71. The second kappa shape index (κ2) is 5.21. The predicted octanol–water partition coefficient (Wildman–Crippen LogP) is 3.23. The number of carbonyl (C=O) groups excluding carboxylic acids is 1. The van der Waals surface area contributed by atoms with Gasteiger partial charge in [-0.05, 0) is 48.9 Å². The Morgan fingerprint density at radius 2 is 1.80 bits per heavy atom. The van der Waals surface area contributed by atoms with E-state index in [0.29, 0.717) is 0 Å². The van der Waals surface area contributed by atoms with Gasteiger partial charge in [-0.1, -0.05) is 26.8 Å². The van der Waals surface area contributed by atoms with Gasteiger partial charge in [0.1, 0.15) is 0 Å². The highest BCUT2D eigenvalue weighted by Gasteiger charge is 2.27. The van der Waals surface area contributed by atoms with Crippen molar-refractivity contribution in [2.45, 2.75) is 59.7 Å². The number of fused-ring (bicyclic) bond motifs is 1. The van der Waals surface area contributed by atoms with Crippen molar-refractivity contribution in [2.75, 3.05) is 0 Å². The first kappa shape index (κ1) is 15.0. The van der Waals surface area contributed by atoms with Crippen molar-refractivity contribution in [2.24, 2.45) is 5.41 Å². The summed E-state index contributed by atoms with van der Waals surface area (Å²) < 4.78 is 0. The Balaban J connectivity index is 2.08. The zero-order chi connectivity index (χ0) is 15.0. The van der Waals surface area contributed by atoms with E-state index in [-0.39, 0.29) is 16.9 Å². The molecule has 1 aromatic carbocycles. The number of nitrogens with one attached hydrogen (secondary N) is 2. The molecule has 1 heterocycles. The molecule has 0 unspecified atom stereocenters. The van der Waals surface area contributed by atoms with Crippen molar-refractivity contribution in [1.29, 1.82) is 0 Å². The van der Waals surface area contributed by atoms with Gasteiger partial charge in [-0.3, -0.25) is 4.79 Å². The molecule has 20 heavy (non-hydrogen) atoms. The Hall–Kier alpha value is -1.35. The molecule has 0 bridgehead atoms. The highest BCUT2D eigenvalue weighted by atomic mass is 16.1. The summed E-state index contributed by atoms with van der Waals surface area (Å²) in [4.78, 5) is 12.4. The van der Waals surface area contributed by atoms with Crippen LogP contribution in [0.1, 0.15) is 62.5 Å². The van der Waals surface area contributed by atoms with Gasteiger partial charge in [-0.15, -0.1) is 0 Å². The molecule has 1 aromatic rings. The zero-order valence-corrected chi connectivity index (χ0v) is 13.3. The minimum absolute atomic E-state index is 0.0222. The fourth-order valence-electron chi connectivity index (χ4n) is 3.19. The number of hydrogen-bond donors (Lipinski definition) is 2. The standard InChI is InChI=1S/C17H26N2O/c1-16(2,3)11-17(4,5)19-15(20)12-6-7-13-9-18-10-14(13)8-12/h6-8,18H,9-11H2,1-5H3,(H,19,20). The number of benzene rings is 1. The molecular weight excluding hydrogens is 248 g/mol. The molecule has 0 atom stereocenters. The summed E-state index contributed by atoms with van der Waals surface area (Å²) in [5.41, 5.74) is 3.29. The van der Waals surface area contributed by atoms with E-state index in [1.807, 2.05) is 12.1 Å². The predicted molar refractivity (Wildman–Crippen MR) is 82.6 cm³/mol. The quantitative estimate of drug-likeness (QED) is 0.888. The van der Waals surface area contributed by atoms with Gasteiger partial charge in [0.15, 0.2) is 0 Å². The van der Waals surface area contributed by atoms with Crippen molar-refractivity contribution in [3.05, 3.63) is 34.9 Å². The first-order valence-electron chi connectivity index (χ1n) is 7.31. The number of rotatable bonds is 3. The maximum Gasteiger partial charge on any atom is 0.251 e. The highest BCUT2D eigenvalue weighted by Crippen LogP contribution is 2.27. The second-order valence-electron chi connectivity index (χ2n) is 7.66. The molecular formula is C17H26N2O. The molecule has 1 aliphatic rings. The van der Waals surface area contributed by atoms with Crippen LogP contribution in [-0.2, 0) is 13.1 Å². The van der Waals surface area contributed by atoms with E-state index in [2.05, 4.69) is 51.3 Å². The van der Waals surface area contributed by atoms with Gasteiger partial charge in [-0.2, -0.15) is 0 Å². The van der Waals surface area contributed by atoms with E-state index in [1.54, 1.807) is 0 Å². The molecule has 0 fully saturated rings. The zero-order valence-electron chi connectivity index (χ0n) is 13.3. The lowest BCUT2D eigenvalue weighted by Crippen LogP contribution is -2.45. The molecule has 0 saturated heterocycles. The van der Waals surface area contributed by atoms with Crippen LogP contribution in [0, 0.1) is 5.41 Å². The van der Waals surface area contributed by atoms with Crippen LogP contribution in [0.25, 0.3) is 0 Å². The van der Waals surface area contributed by atoms with Crippen LogP contribution in [0.4, 0.5) is 0 Å². The lowest BCUT2D eigenvalue weighted by atomic mass is 9.81. The van der Waals surface area contributed by atoms with Gasteiger partial charge in [-0.25, -0.2) is 0 Å². The highest BCUT2D eigenvalue weighted by molar-refractivity contribution is 5.95. The molecule has 0 radical (unpaired) electrons. The van der Waals surface area contributed by atoms with Crippen LogP contribution in [0.5, 0.6) is 0 Å². The minimum Gasteiger partial charge on any atom is -0.347 e. The lowest BCUT2D eigenvalue weighted by Gasteiger charge is -2.33. The molecule has 2 rings (SSSR count). The van der Waals surface area contributed by atoms with Crippen molar-refractivity contribution < 1.29 is 4.79 Å². The van der Waals surface area contributed by atoms with Gasteiger partial charge in [0.25, 0.3) is 5.91 Å². The minimum atomic E-state index is -0.202. The van der Waals surface area contributed by atoms with Crippen LogP contribution in [0.2, 0.25) is 0 Å². The Kier molecular flexibility index (Phi) is 3.92. The second-order valence-corrected chi connectivity index (χ2v) is 7.66. The smallest absolute Gasteiger partial charge is 0.251 e. The van der Waals surface area contributed by atoms with E-state index in [1.165, 1.54) is 11.1 Å². The van der Waals surface area contributed by atoms with Crippen molar-refractivity contribution in [3.8, 4) is 0 Å². The summed E-state index contributed by atoms with van der Waals surface area (Å²) in [7, 11) is 0. The molecule has 1 amide bonds. The molecule has 3 heteroatoms. The van der Waals surface area contributed by atoms with Crippen molar-refractivity contribution in [3.63, 3.8) is 0 Å². The number of carbonyl (C=O) groups is 1. The average molecular weight is 274 g/mol. The summed E-state index contributed by atoms with van der Waals surface area (Å²) >= 11 is 0. The van der Waals surface area contributed by atoms with Crippen LogP contribution in [0.3, 0.4) is 0 Å². The van der Waals surface area contributed by atoms with Gasteiger partial charge in [0.2, 0.25) is 0 Å². The SMILES string of the molecule is CC(C)(C)CC(C)(C)NC(=O)c1ccc2c(c1)CNC2. The van der Waals surface area contributed by atoms with Crippen LogP contribution in [0.15, 0.2) is 18.2 Å².